The molecule has 144 valence electrons. The fourth-order valence-electron chi connectivity index (χ4n) is 2.55. The molecule has 2 rings (SSSR count). The van der Waals surface area contributed by atoms with Gasteiger partial charge in [-0.25, -0.2) is 0 Å². The predicted octanol–water partition coefficient (Wildman–Crippen LogP) is 1.16. The zero-order valence-corrected chi connectivity index (χ0v) is 15.9. The van der Waals surface area contributed by atoms with Gasteiger partial charge in [-0.15, -0.1) is 0 Å². The van der Waals surface area contributed by atoms with Crippen LogP contribution in [0.4, 0.5) is 0 Å². The van der Waals surface area contributed by atoms with Crippen LogP contribution in [0.1, 0.15) is 21.5 Å². The van der Waals surface area contributed by atoms with Crippen molar-refractivity contribution in [1.82, 2.24) is 15.5 Å². The third-order valence-electron chi connectivity index (χ3n) is 4.16. The van der Waals surface area contributed by atoms with Crippen LogP contribution in [0, 0.1) is 0 Å². The Labute approximate surface area is 160 Å². The number of carbonyl (C=O) groups excluding carboxylic acids is 2. The van der Waals surface area contributed by atoms with E-state index in [1.54, 1.807) is 12.1 Å². The van der Waals surface area contributed by atoms with Gasteiger partial charge in [-0.3, -0.25) is 9.59 Å². The first-order valence-electron chi connectivity index (χ1n) is 9.05. The van der Waals surface area contributed by atoms with Gasteiger partial charge in [0, 0.05) is 25.2 Å². The number of likely N-dealkylation sites (N-methyl/N-ethyl adjacent to an activating group) is 1. The number of amides is 2. The van der Waals surface area contributed by atoms with Crippen molar-refractivity contribution in [2.24, 2.45) is 5.73 Å². The number of rotatable bonds is 9. The van der Waals surface area contributed by atoms with Crippen LogP contribution >= 0.6 is 0 Å². The van der Waals surface area contributed by atoms with Gasteiger partial charge in [0.25, 0.3) is 5.91 Å². The monoisotopic (exact) mass is 368 g/mol. The van der Waals surface area contributed by atoms with Crippen LogP contribution in [0.5, 0.6) is 0 Å². The number of nitrogens with two attached hydrogens (primary N) is 1. The van der Waals surface area contributed by atoms with E-state index in [0.29, 0.717) is 25.1 Å². The predicted molar refractivity (Wildman–Crippen MR) is 107 cm³/mol. The molecule has 1 atom stereocenters. The number of nitrogens with one attached hydrogen (secondary N) is 2. The molecule has 4 N–H and O–H groups in total. The normalized spacial score (nSPS) is 11.9. The molecule has 0 bridgehead atoms. The highest BCUT2D eigenvalue weighted by molar-refractivity contribution is 5.94. The second-order valence-electron chi connectivity index (χ2n) is 6.77. The van der Waals surface area contributed by atoms with E-state index >= 15 is 0 Å². The van der Waals surface area contributed by atoms with Crippen LogP contribution < -0.4 is 16.4 Å². The van der Waals surface area contributed by atoms with E-state index in [0.717, 1.165) is 17.7 Å². The summed E-state index contributed by atoms with van der Waals surface area (Å²) < 4.78 is 0. The van der Waals surface area contributed by atoms with Crippen molar-refractivity contribution in [1.29, 1.82) is 0 Å². The number of carbonyl (C=O) groups is 2. The van der Waals surface area contributed by atoms with Gasteiger partial charge < -0.3 is 21.3 Å². The summed E-state index contributed by atoms with van der Waals surface area (Å²) in [6.07, 6.45) is 0.499. The zero-order chi connectivity index (χ0) is 19.6. The average Bonchev–Trinajstić information content (AvgIpc) is 2.67. The molecule has 0 saturated carbocycles. The maximum atomic E-state index is 12.2. The van der Waals surface area contributed by atoms with Crippen LogP contribution in [-0.2, 0) is 17.8 Å². The fraction of sp³-hybridized carbons (Fsp3) is 0.333. The molecule has 0 spiro atoms. The largest absolute Gasteiger partial charge is 0.351 e. The average molecular weight is 368 g/mol. The molecular formula is C21H28N4O2. The van der Waals surface area contributed by atoms with Gasteiger partial charge in [0.1, 0.15) is 0 Å². The first-order chi connectivity index (χ1) is 13.0. The van der Waals surface area contributed by atoms with Crippen LogP contribution in [0.3, 0.4) is 0 Å². The molecule has 0 fully saturated rings. The maximum Gasteiger partial charge on any atom is 0.251 e. The lowest BCUT2D eigenvalue weighted by molar-refractivity contribution is -0.122. The Hall–Kier alpha value is -2.70. The topological polar surface area (TPSA) is 87.5 Å². The van der Waals surface area contributed by atoms with Crippen molar-refractivity contribution >= 4 is 11.8 Å². The quantitative estimate of drug-likeness (QED) is 0.620. The molecule has 0 aliphatic rings. The molecule has 0 saturated heterocycles. The zero-order valence-electron chi connectivity index (χ0n) is 15.9. The maximum absolute atomic E-state index is 12.2. The summed E-state index contributed by atoms with van der Waals surface area (Å²) in [7, 11) is 3.92. The highest BCUT2D eigenvalue weighted by Crippen LogP contribution is 2.05. The lowest BCUT2D eigenvalue weighted by Gasteiger charge is -2.13. The van der Waals surface area contributed by atoms with Crippen molar-refractivity contribution in [3.8, 4) is 0 Å². The Morgan fingerprint density at radius 3 is 2.26 bits per heavy atom. The highest BCUT2D eigenvalue weighted by atomic mass is 16.2. The van der Waals surface area contributed by atoms with Gasteiger partial charge in [0.15, 0.2) is 0 Å². The molecule has 27 heavy (non-hydrogen) atoms. The van der Waals surface area contributed by atoms with Crippen molar-refractivity contribution in [3.63, 3.8) is 0 Å². The first kappa shape index (κ1) is 20.6. The SMILES string of the molecule is CN(C)CCNC(=O)c1ccc(CNC(=O)C(N)Cc2ccccc2)cc1. The lowest BCUT2D eigenvalue weighted by atomic mass is 10.1. The Kier molecular flexibility index (Phi) is 7.98. The Balaban J connectivity index is 1.78. The van der Waals surface area contributed by atoms with Crippen molar-refractivity contribution < 1.29 is 9.59 Å². The minimum absolute atomic E-state index is 0.0997. The third kappa shape index (κ3) is 7.21. The minimum Gasteiger partial charge on any atom is -0.351 e. The summed E-state index contributed by atoms with van der Waals surface area (Å²) >= 11 is 0. The molecule has 0 heterocycles. The smallest absolute Gasteiger partial charge is 0.251 e. The summed E-state index contributed by atoms with van der Waals surface area (Å²) in [6.45, 7) is 1.77. The minimum atomic E-state index is -0.589. The number of benzene rings is 2. The van der Waals surface area contributed by atoms with Gasteiger partial charge in [-0.1, -0.05) is 42.5 Å². The molecule has 6 heteroatoms. The molecule has 2 aromatic rings. The van der Waals surface area contributed by atoms with E-state index in [9.17, 15) is 9.59 Å². The molecule has 2 aromatic carbocycles. The first-order valence-corrected chi connectivity index (χ1v) is 9.05. The van der Waals surface area contributed by atoms with E-state index in [4.69, 9.17) is 5.73 Å². The van der Waals surface area contributed by atoms with Gasteiger partial charge in [-0.05, 0) is 43.8 Å². The molecule has 6 nitrogen and oxygen atoms in total. The van der Waals surface area contributed by atoms with E-state index in [1.165, 1.54) is 0 Å². The highest BCUT2D eigenvalue weighted by Gasteiger charge is 2.13. The van der Waals surface area contributed by atoms with Crippen LogP contribution in [0.2, 0.25) is 0 Å². The van der Waals surface area contributed by atoms with Gasteiger partial charge in [0.05, 0.1) is 6.04 Å². The van der Waals surface area contributed by atoms with Crippen LogP contribution in [-0.4, -0.2) is 49.9 Å². The molecule has 1 unspecified atom stereocenters. The summed E-state index contributed by atoms with van der Waals surface area (Å²) in [6, 6.07) is 16.3. The molecule has 0 aliphatic heterocycles. The van der Waals surface area contributed by atoms with E-state index in [1.807, 2.05) is 61.5 Å². The second kappa shape index (κ2) is 10.4. The molecule has 2 amide bonds. The number of hydrogen-bond donors (Lipinski definition) is 3. The lowest BCUT2D eigenvalue weighted by Crippen LogP contribution is -2.41. The standard InChI is InChI=1S/C21H28N4O2/c1-25(2)13-12-23-20(26)18-10-8-17(9-11-18)15-24-21(27)19(22)14-16-6-4-3-5-7-16/h3-11,19H,12-15,22H2,1-2H3,(H,23,26)(H,24,27). The summed E-state index contributed by atoms with van der Waals surface area (Å²) in [5.41, 5.74) is 8.53. The Morgan fingerprint density at radius 2 is 1.63 bits per heavy atom. The Morgan fingerprint density at radius 1 is 0.963 bits per heavy atom. The Bertz CT molecular complexity index is 730. The van der Waals surface area contributed by atoms with Crippen molar-refractivity contribution in [3.05, 3.63) is 71.3 Å². The van der Waals surface area contributed by atoms with E-state index < -0.39 is 6.04 Å². The van der Waals surface area contributed by atoms with Crippen molar-refractivity contribution in [2.75, 3.05) is 27.2 Å². The molecular weight excluding hydrogens is 340 g/mol. The van der Waals surface area contributed by atoms with Crippen LogP contribution in [0.25, 0.3) is 0 Å². The second-order valence-corrected chi connectivity index (χ2v) is 6.77. The molecule has 0 aromatic heterocycles. The number of nitrogens with zero attached hydrogens (tertiary/aromatic N) is 1. The van der Waals surface area contributed by atoms with Gasteiger partial charge >= 0.3 is 0 Å². The van der Waals surface area contributed by atoms with Gasteiger partial charge in [0.2, 0.25) is 5.91 Å². The van der Waals surface area contributed by atoms with E-state index in [-0.39, 0.29) is 11.8 Å². The summed E-state index contributed by atoms with van der Waals surface area (Å²) in [4.78, 5) is 26.2. The fourth-order valence-corrected chi connectivity index (χ4v) is 2.55. The molecule has 0 radical (unpaired) electrons. The summed E-state index contributed by atoms with van der Waals surface area (Å²) in [5, 5.41) is 5.72. The van der Waals surface area contributed by atoms with Crippen LogP contribution in [0.15, 0.2) is 54.6 Å². The van der Waals surface area contributed by atoms with E-state index in [2.05, 4.69) is 10.6 Å². The summed E-state index contributed by atoms with van der Waals surface area (Å²) in [5.74, 6) is -0.290. The van der Waals surface area contributed by atoms with Gasteiger partial charge in [-0.2, -0.15) is 0 Å². The van der Waals surface area contributed by atoms with Crippen molar-refractivity contribution in [2.45, 2.75) is 19.0 Å². The molecule has 0 aliphatic carbocycles. The number of hydrogen-bond acceptors (Lipinski definition) is 4. The third-order valence-corrected chi connectivity index (χ3v) is 4.16.